The first-order valence-electron chi connectivity index (χ1n) is 5.01. The number of para-hydroxylation sites is 1. The first-order valence-corrected chi connectivity index (χ1v) is 5.39. The Morgan fingerprint density at radius 1 is 1.40 bits per heavy atom. The number of rotatable bonds is 1. The predicted octanol–water partition coefficient (Wildman–Crippen LogP) is 1.79. The topological polar surface area (TPSA) is 46.3 Å². The molecule has 0 aliphatic carbocycles. The van der Waals surface area contributed by atoms with Gasteiger partial charge in [0.05, 0.1) is 16.8 Å². The SMILES string of the molecule is N[C@H]1CCCN(c2ccccc2Cl)C1=O. The van der Waals surface area contributed by atoms with Crippen LogP contribution in [0.4, 0.5) is 5.69 Å². The third kappa shape index (κ3) is 1.98. The van der Waals surface area contributed by atoms with E-state index in [0.717, 1.165) is 18.5 Å². The third-order valence-electron chi connectivity index (χ3n) is 2.62. The molecule has 80 valence electrons. The minimum Gasteiger partial charge on any atom is -0.320 e. The number of benzene rings is 1. The van der Waals surface area contributed by atoms with Crippen LogP contribution in [0.5, 0.6) is 0 Å². The van der Waals surface area contributed by atoms with Crippen molar-refractivity contribution in [2.24, 2.45) is 5.73 Å². The Kier molecular flexibility index (Phi) is 2.93. The van der Waals surface area contributed by atoms with E-state index >= 15 is 0 Å². The van der Waals surface area contributed by atoms with Crippen molar-refractivity contribution in [1.82, 2.24) is 0 Å². The van der Waals surface area contributed by atoms with Gasteiger partial charge in [-0.05, 0) is 25.0 Å². The lowest BCUT2D eigenvalue weighted by molar-refractivity contribution is -0.120. The molecule has 1 fully saturated rings. The van der Waals surface area contributed by atoms with Crippen LogP contribution < -0.4 is 10.6 Å². The molecule has 15 heavy (non-hydrogen) atoms. The molecule has 1 aromatic rings. The Morgan fingerprint density at radius 3 is 2.87 bits per heavy atom. The maximum Gasteiger partial charge on any atom is 0.243 e. The fourth-order valence-electron chi connectivity index (χ4n) is 1.81. The number of hydrogen-bond donors (Lipinski definition) is 1. The lowest BCUT2D eigenvalue weighted by atomic mass is 10.1. The number of halogens is 1. The van der Waals surface area contributed by atoms with Gasteiger partial charge in [-0.15, -0.1) is 0 Å². The van der Waals surface area contributed by atoms with Crippen LogP contribution in [0.3, 0.4) is 0 Å². The number of piperidine rings is 1. The highest BCUT2D eigenvalue weighted by Crippen LogP contribution is 2.27. The summed E-state index contributed by atoms with van der Waals surface area (Å²) in [6, 6.07) is 6.97. The number of nitrogens with two attached hydrogens (primary N) is 1. The highest BCUT2D eigenvalue weighted by atomic mass is 35.5. The summed E-state index contributed by atoms with van der Waals surface area (Å²) in [6.45, 7) is 0.705. The van der Waals surface area contributed by atoms with Gasteiger partial charge in [0.1, 0.15) is 0 Å². The van der Waals surface area contributed by atoms with Crippen LogP contribution in [0.25, 0.3) is 0 Å². The molecule has 0 aromatic heterocycles. The van der Waals surface area contributed by atoms with Crippen LogP contribution in [0.1, 0.15) is 12.8 Å². The van der Waals surface area contributed by atoms with E-state index in [1.807, 2.05) is 18.2 Å². The van der Waals surface area contributed by atoms with Gasteiger partial charge in [0, 0.05) is 6.54 Å². The van der Waals surface area contributed by atoms with Crippen molar-refractivity contribution in [3.63, 3.8) is 0 Å². The van der Waals surface area contributed by atoms with E-state index in [9.17, 15) is 4.79 Å². The molecule has 2 N–H and O–H groups in total. The fourth-order valence-corrected chi connectivity index (χ4v) is 2.05. The lowest BCUT2D eigenvalue weighted by Gasteiger charge is -2.30. The first kappa shape index (κ1) is 10.5. The van der Waals surface area contributed by atoms with Gasteiger partial charge in [-0.25, -0.2) is 0 Å². The minimum absolute atomic E-state index is 0.0330. The molecule has 1 aromatic carbocycles. The monoisotopic (exact) mass is 224 g/mol. The van der Waals surface area contributed by atoms with Crippen LogP contribution in [-0.4, -0.2) is 18.5 Å². The summed E-state index contributed by atoms with van der Waals surface area (Å²) in [7, 11) is 0. The average molecular weight is 225 g/mol. The number of hydrogen-bond acceptors (Lipinski definition) is 2. The maximum absolute atomic E-state index is 11.8. The van der Waals surface area contributed by atoms with E-state index in [1.54, 1.807) is 11.0 Å². The van der Waals surface area contributed by atoms with Gasteiger partial charge in [-0.3, -0.25) is 4.79 Å². The van der Waals surface area contributed by atoms with E-state index in [1.165, 1.54) is 0 Å². The minimum atomic E-state index is -0.380. The summed E-state index contributed by atoms with van der Waals surface area (Å²) in [4.78, 5) is 13.5. The highest BCUT2D eigenvalue weighted by molar-refractivity contribution is 6.33. The molecule has 1 atom stereocenters. The molecule has 0 saturated carbocycles. The van der Waals surface area contributed by atoms with Crippen molar-refractivity contribution >= 4 is 23.2 Å². The average Bonchev–Trinajstić information content (AvgIpc) is 2.23. The van der Waals surface area contributed by atoms with Gasteiger partial charge in [0.2, 0.25) is 5.91 Å². The van der Waals surface area contributed by atoms with Crippen molar-refractivity contribution < 1.29 is 4.79 Å². The lowest BCUT2D eigenvalue weighted by Crippen LogP contribution is -2.48. The van der Waals surface area contributed by atoms with Gasteiger partial charge in [0.15, 0.2) is 0 Å². The van der Waals surface area contributed by atoms with Crippen LogP contribution >= 0.6 is 11.6 Å². The second kappa shape index (κ2) is 4.21. The fraction of sp³-hybridized carbons (Fsp3) is 0.364. The zero-order valence-corrected chi connectivity index (χ0v) is 9.07. The van der Waals surface area contributed by atoms with Gasteiger partial charge in [-0.2, -0.15) is 0 Å². The Balaban J connectivity index is 2.30. The third-order valence-corrected chi connectivity index (χ3v) is 2.94. The summed E-state index contributed by atoms with van der Waals surface area (Å²) in [5.74, 6) is -0.0330. The molecule has 0 unspecified atom stereocenters. The largest absolute Gasteiger partial charge is 0.320 e. The van der Waals surface area contributed by atoms with E-state index in [-0.39, 0.29) is 11.9 Å². The molecule has 1 aliphatic rings. The van der Waals surface area contributed by atoms with Crippen molar-refractivity contribution in [3.8, 4) is 0 Å². The molecular formula is C11H13ClN2O. The molecule has 2 rings (SSSR count). The first-order chi connectivity index (χ1) is 7.20. The Hall–Kier alpha value is -1.06. The molecule has 1 amide bonds. The van der Waals surface area contributed by atoms with Crippen LogP contribution in [0.15, 0.2) is 24.3 Å². The number of amides is 1. The summed E-state index contributed by atoms with van der Waals surface area (Å²) in [6.07, 6.45) is 1.69. The molecule has 3 nitrogen and oxygen atoms in total. The molecule has 0 bridgehead atoms. The predicted molar refractivity (Wildman–Crippen MR) is 61.0 cm³/mol. The molecule has 1 heterocycles. The van der Waals surface area contributed by atoms with E-state index in [2.05, 4.69) is 0 Å². The van der Waals surface area contributed by atoms with Crippen LogP contribution in [0.2, 0.25) is 5.02 Å². The second-order valence-electron chi connectivity index (χ2n) is 3.69. The molecule has 1 saturated heterocycles. The molecular weight excluding hydrogens is 212 g/mol. The van der Waals surface area contributed by atoms with Crippen LogP contribution in [-0.2, 0) is 4.79 Å². The van der Waals surface area contributed by atoms with Crippen molar-refractivity contribution in [1.29, 1.82) is 0 Å². The zero-order chi connectivity index (χ0) is 10.8. The zero-order valence-electron chi connectivity index (χ0n) is 8.32. The summed E-state index contributed by atoms with van der Waals surface area (Å²) >= 11 is 6.04. The Morgan fingerprint density at radius 2 is 2.13 bits per heavy atom. The normalized spacial score (nSPS) is 21.9. The standard InChI is InChI=1S/C11H13ClN2O/c12-8-4-1-2-6-10(8)14-7-3-5-9(13)11(14)15/h1-2,4,6,9H,3,5,7,13H2/t9-/m0/s1. The molecule has 4 heteroatoms. The van der Waals surface area contributed by atoms with Crippen molar-refractivity contribution in [2.75, 3.05) is 11.4 Å². The highest BCUT2D eigenvalue weighted by Gasteiger charge is 2.27. The summed E-state index contributed by atoms with van der Waals surface area (Å²) in [5, 5.41) is 0.597. The van der Waals surface area contributed by atoms with Gasteiger partial charge in [0.25, 0.3) is 0 Å². The number of carbonyl (C=O) groups is 1. The van der Waals surface area contributed by atoms with Crippen molar-refractivity contribution in [2.45, 2.75) is 18.9 Å². The Labute approximate surface area is 93.8 Å². The summed E-state index contributed by atoms with van der Waals surface area (Å²) in [5.41, 5.74) is 6.49. The number of nitrogens with zero attached hydrogens (tertiary/aromatic N) is 1. The summed E-state index contributed by atoms with van der Waals surface area (Å²) < 4.78 is 0. The second-order valence-corrected chi connectivity index (χ2v) is 4.10. The molecule has 0 radical (unpaired) electrons. The molecule has 0 spiro atoms. The number of anilines is 1. The van der Waals surface area contributed by atoms with Gasteiger partial charge >= 0.3 is 0 Å². The quantitative estimate of drug-likeness (QED) is 0.791. The smallest absolute Gasteiger partial charge is 0.243 e. The van der Waals surface area contributed by atoms with E-state index in [0.29, 0.717) is 11.6 Å². The van der Waals surface area contributed by atoms with Gasteiger partial charge in [-0.1, -0.05) is 23.7 Å². The maximum atomic E-state index is 11.8. The van der Waals surface area contributed by atoms with E-state index in [4.69, 9.17) is 17.3 Å². The molecule has 1 aliphatic heterocycles. The number of carbonyl (C=O) groups excluding carboxylic acids is 1. The Bertz CT molecular complexity index is 381. The van der Waals surface area contributed by atoms with Crippen molar-refractivity contribution in [3.05, 3.63) is 29.3 Å². The van der Waals surface area contributed by atoms with Crippen LogP contribution in [0, 0.1) is 0 Å². The van der Waals surface area contributed by atoms with Gasteiger partial charge < -0.3 is 10.6 Å². The van der Waals surface area contributed by atoms with E-state index < -0.39 is 0 Å².